The van der Waals surface area contributed by atoms with Crippen molar-refractivity contribution >= 4 is 5.91 Å². The average Bonchev–Trinajstić information content (AvgIpc) is 2.60. The molecule has 0 radical (unpaired) electrons. The third-order valence-electron chi connectivity index (χ3n) is 3.29. The molecule has 0 aromatic heterocycles. The van der Waals surface area contributed by atoms with E-state index in [9.17, 15) is 4.79 Å². The van der Waals surface area contributed by atoms with Crippen LogP contribution in [0.2, 0.25) is 0 Å². The largest absolute Gasteiger partial charge is 0.333 e. The molecule has 92 valence electrons. The predicted octanol–water partition coefficient (Wildman–Crippen LogP) is 2.07. The van der Waals surface area contributed by atoms with E-state index in [1.807, 2.05) is 25.7 Å². The Balaban J connectivity index is 2.86. The molecule has 0 saturated heterocycles. The van der Waals surface area contributed by atoms with Gasteiger partial charge in [0.1, 0.15) is 0 Å². The zero-order chi connectivity index (χ0) is 12.4. The van der Waals surface area contributed by atoms with Crippen LogP contribution in [0.15, 0.2) is 12.7 Å². The van der Waals surface area contributed by atoms with Crippen LogP contribution in [0.1, 0.15) is 46.5 Å². The molecule has 2 N–H and O–H groups in total. The number of hydrogen-bond acceptors (Lipinski definition) is 2. The minimum Gasteiger partial charge on any atom is -0.333 e. The molecular formula is C13H24N2O. The number of carbonyl (C=O) groups is 1. The van der Waals surface area contributed by atoms with Crippen LogP contribution < -0.4 is 5.73 Å². The molecule has 1 aliphatic carbocycles. The Bertz CT molecular complexity index is 272. The number of nitrogens with zero attached hydrogens (tertiary/aromatic N) is 1. The van der Waals surface area contributed by atoms with Gasteiger partial charge in [0.15, 0.2) is 0 Å². The molecule has 1 saturated carbocycles. The summed E-state index contributed by atoms with van der Waals surface area (Å²) in [5.74, 6) is 0.0809. The second-order valence-corrected chi connectivity index (χ2v) is 5.74. The lowest BCUT2D eigenvalue weighted by Gasteiger charge is -2.40. The Labute approximate surface area is 98.7 Å². The van der Waals surface area contributed by atoms with Crippen molar-refractivity contribution in [3.05, 3.63) is 12.7 Å². The van der Waals surface area contributed by atoms with E-state index in [0.29, 0.717) is 6.54 Å². The maximum absolute atomic E-state index is 12.5. The van der Waals surface area contributed by atoms with Crippen molar-refractivity contribution in [2.45, 2.75) is 57.5 Å². The topological polar surface area (TPSA) is 46.3 Å². The van der Waals surface area contributed by atoms with Gasteiger partial charge >= 0.3 is 0 Å². The maximum Gasteiger partial charge on any atom is 0.243 e. The molecule has 1 amide bonds. The van der Waals surface area contributed by atoms with Crippen molar-refractivity contribution in [3.8, 4) is 0 Å². The summed E-state index contributed by atoms with van der Waals surface area (Å²) in [6, 6.07) is 0. The second-order valence-electron chi connectivity index (χ2n) is 5.74. The second kappa shape index (κ2) is 4.58. The van der Waals surface area contributed by atoms with E-state index in [1.54, 1.807) is 6.08 Å². The number of amides is 1. The van der Waals surface area contributed by atoms with Crippen molar-refractivity contribution in [2.24, 2.45) is 5.73 Å². The van der Waals surface area contributed by atoms with Gasteiger partial charge in [-0.1, -0.05) is 18.9 Å². The van der Waals surface area contributed by atoms with Gasteiger partial charge < -0.3 is 10.6 Å². The van der Waals surface area contributed by atoms with E-state index >= 15 is 0 Å². The molecule has 0 heterocycles. The van der Waals surface area contributed by atoms with Gasteiger partial charge in [-0.05, 0) is 33.6 Å². The Hall–Kier alpha value is -0.830. The van der Waals surface area contributed by atoms with Crippen LogP contribution in [0.5, 0.6) is 0 Å². The zero-order valence-corrected chi connectivity index (χ0v) is 10.8. The van der Waals surface area contributed by atoms with E-state index < -0.39 is 5.54 Å². The van der Waals surface area contributed by atoms with Crippen molar-refractivity contribution < 1.29 is 4.79 Å². The smallest absolute Gasteiger partial charge is 0.243 e. The van der Waals surface area contributed by atoms with Crippen molar-refractivity contribution in [1.29, 1.82) is 0 Å². The first-order valence-corrected chi connectivity index (χ1v) is 6.03. The lowest BCUT2D eigenvalue weighted by atomic mass is 9.94. The quantitative estimate of drug-likeness (QED) is 0.746. The normalized spacial score (nSPS) is 19.5. The highest BCUT2D eigenvalue weighted by molar-refractivity contribution is 5.87. The van der Waals surface area contributed by atoms with Gasteiger partial charge in [0.05, 0.1) is 5.54 Å². The first kappa shape index (κ1) is 13.2. The van der Waals surface area contributed by atoms with E-state index in [2.05, 4.69) is 6.58 Å². The summed E-state index contributed by atoms with van der Waals surface area (Å²) in [4.78, 5) is 14.3. The molecule has 1 aliphatic rings. The molecule has 0 aromatic carbocycles. The van der Waals surface area contributed by atoms with Crippen LogP contribution in [0.3, 0.4) is 0 Å². The highest BCUT2D eigenvalue weighted by atomic mass is 16.2. The summed E-state index contributed by atoms with van der Waals surface area (Å²) in [5, 5.41) is 0. The summed E-state index contributed by atoms with van der Waals surface area (Å²) >= 11 is 0. The predicted molar refractivity (Wildman–Crippen MR) is 67.0 cm³/mol. The fraction of sp³-hybridized carbons (Fsp3) is 0.769. The molecule has 0 aromatic rings. The van der Waals surface area contributed by atoms with Gasteiger partial charge in [-0.3, -0.25) is 4.79 Å². The number of nitrogens with two attached hydrogens (primary N) is 1. The van der Waals surface area contributed by atoms with Crippen LogP contribution in [0.4, 0.5) is 0 Å². The lowest BCUT2D eigenvalue weighted by Crippen LogP contribution is -2.58. The lowest BCUT2D eigenvalue weighted by molar-refractivity contribution is -0.141. The van der Waals surface area contributed by atoms with Crippen LogP contribution in [-0.4, -0.2) is 28.4 Å². The van der Waals surface area contributed by atoms with E-state index in [-0.39, 0.29) is 11.4 Å². The maximum atomic E-state index is 12.5. The van der Waals surface area contributed by atoms with E-state index in [0.717, 1.165) is 25.7 Å². The fourth-order valence-corrected chi connectivity index (χ4v) is 2.28. The van der Waals surface area contributed by atoms with Gasteiger partial charge in [0.2, 0.25) is 5.91 Å². The minimum absolute atomic E-state index is 0.0809. The molecule has 0 aliphatic heterocycles. The van der Waals surface area contributed by atoms with Crippen molar-refractivity contribution in [3.63, 3.8) is 0 Å². The summed E-state index contributed by atoms with van der Waals surface area (Å²) in [7, 11) is 0. The SMILES string of the molecule is C=CCN(C(=O)C1(N)CCCC1)C(C)(C)C. The first-order valence-electron chi connectivity index (χ1n) is 6.03. The highest BCUT2D eigenvalue weighted by Crippen LogP contribution is 2.31. The van der Waals surface area contributed by atoms with Gasteiger partial charge in [-0.25, -0.2) is 0 Å². The molecule has 0 spiro atoms. The molecular weight excluding hydrogens is 200 g/mol. The Morgan fingerprint density at radius 1 is 1.44 bits per heavy atom. The van der Waals surface area contributed by atoms with Crippen LogP contribution in [-0.2, 0) is 4.79 Å². The third-order valence-corrected chi connectivity index (χ3v) is 3.29. The third kappa shape index (κ3) is 2.64. The fourth-order valence-electron chi connectivity index (χ4n) is 2.28. The number of rotatable bonds is 3. The molecule has 1 fully saturated rings. The molecule has 0 atom stereocenters. The first-order chi connectivity index (χ1) is 7.31. The Morgan fingerprint density at radius 2 is 1.94 bits per heavy atom. The molecule has 1 rings (SSSR count). The van der Waals surface area contributed by atoms with E-state index in [1.165, 1.54) is 0 Å². The summed E-state index contributed by atoms with van der Waals surface area (Å²) in [5.41, 5.74) is 5.38. The Morgan fingerprint density at radius 3 is 2.31 bits per heavy atom. The average molecular weight is 224 g/mol. The van der Waals surface area contributed by atoms with Gasteiger partial charge in [-0.15, -0.1) is 6.58 Å². The molecule has 3 heteroatoms. The van der Waals surface area contributed by atoms with Crippen molar-refractivity contribution in [1.82, 2.24) is 4.90 Å². The monoisotopic (exact) mass is 224 g/mol. The van der Waals surface area contributed by atoms with Gasteiger partial charge in [0.25, 0.3) is 0 Å². The summed E-state index contributed by atoms with van der Waals surface area (Å²) in [6.07, 6.45) is 5.52. The minimum atomic E-state index is -0.629. The van der Waals surface area contributed by atoms with Gasteiger partial charge in [0, 0.05) is 12.1 Å². The standard InChI is InChI=1S/C13H24N2O/c1-5-10-15(12(2,3)4)11(16)13(14)8-6-7-9-13/h5H,1,6-10,14H2,2-4H3. The molecule has 3 nitrogen and oxygen atoms in total. The van der Waals surface area contributed by atoms with Crippen LogP contribution >= 0.6 is 0 Å². The van der Waals surface area contributed by atoms with Gasteiger partial charge in [-0.2, -0.15) is 0 Å². The van der Waals surface area contributed by atoms with E-state index in [4.69, 9.17) is 5.73 Å². The summed E-state index contributed by atoms with van der Waals surface area (Å²) in [6.45, 7) is 10.4. The number of hydrogen-bond donors (Lipinski definition) is 1. The van der Waals surface area contributed by atoms with Crippen LogP contribution in [0, 0.1) is 0 Å². The molecule has 16 heavy (non-hydrogen) atoms. The van der Waals surface area contributed by atoms with Crippen LogP contribution in [0.25, 0.3) is 0 Å². The Kier molecular flexibility index (Phi) is 3.79. The summed E-state index contributed by atoms with van der Waals surface area (Å²) < 4.78 is 0. The number of carbonyl (C=O) groups excluding carboxylic acids is 1. The zero-order valence-electron chi connectivity index (χ0n) is 10.8. The highest BCUT2D eigenvalue weighted by Gasteiger charge is 2.42. The molecule has 0 unspecified atom stereocenters. The van der Waals surface area contributed by atoms with Crippen molar-refractivity contribution in [2.75, 3.05) is 6.54 Å². The molecule has 0 bridgehead atoms.